The zero-order valence-corrected chi connectivity index (χ0v) is 15.0. The minimum absolute atomic E-state index is 0.0356. The monoisotopic (exact) mass is 379 g/mol. The minimum atomic E-state index is -3.07. The van der Waals surface area contributed by atoms with Crippen LogP contribution >= 0.6 is 0 Å². The normalized spacial score (nSPS) is 21.6. The molecule has 2 N–H and O–H groups in total. The molecule has 9 heteroatoms. The van der Waals surface area contributed by atoms with Crippen LogP contribution < -0.4 is 15.5 Å². The van der Waals surface area contributed by atoms with E-state index in [-0.39, 0.29) is 24.0 Å². The fourth-order valence-electron chi connectivity index (χ4n) is 3.19. The summed E-state index contributed by atoms with van der Waals surface area (Å²) in [6, 6.07) is 6.31. The summed E-state index contributed by atoms with van der Waals surface area (Å²) in [5.41, 5.74) is 1.03. The summed E-state index contributed by atoms with van der Waals surface area (Å²) in [5.74, 6) is -0.794. The molecule has 8 nitrogen and oxygen atoms in total. The molecule has 2 fully saturated rings. The molecule has 2 saturated heterocycles. The third-order valence-electron chi connectivity index (χ3n) is 4.50. The van der Waals surface area contributed by atoms with Crippen molar-refractivity contribution in [3.05, 3.63) is 29.8 Å². The summed E-state index contributed by atoms with van der Waals surface area (Å²) in [7, 11) is -3.07. The van der Waals surface area contributed by atoms with E-state index in [9.17, 15) is 22.8 Å². The van der Waals surface area contributed by atoms with Gasteiger partial charge in [-0.15, -0.1) is 0 Å². The first-order valence-corrected chi connectivity index (χ1v) is 10.3. The summed E-state index contributed by atoms with van der Waals surface area (Å²) < 4.78 is 22.8. The van der Waals surface area contributed by atoms with Crippen molar-refractivity contribution in [3.8, 4) is 0 Å². The number of rotatable bonds is 5. The van der Waals surface area contributed by atoms with Crippen LogP contribution in [0, 0.1) is 0 Å². The Morgan fingerprint density at radius 1 is 1.27 bits per heavy atom. The molecule has 3 amide bonds. The maximum Gasteiger partial charge on any atom is 0.251 e. The Kier molecular flexibility index (Phi) is 5.26. The molecule has 26 heavy (non-hydrogen) atoms. The van der Waals surface area contributed by atoms with Gasteiger partial charge in [-0.05, 0) is 31.0 Å². The number of amides is 3. The van der Waals surface area contributed by atoms with Crippen LogP contribution in [0.1, 0.15) is 29.6 Å². The van der Waals surface area contributed by atoms with E-state index in [2.05, 4.69) is 10.6 Å². The van der Waals surface area contributed by atoms with Gasteiger partial charge in [0.25, 0.3) is 5.91 Å². The van der Waals surface area contributed by atoms with Crippen LogP contribution in [0.3, 0.4) is 0 Å². The molecule has 0 saturated carbocycles. The summed E-state index contributed by atoms with van der Waals surface area (Å²) in [4.78, 5) is 37.6. The van der Waals surface area contributed by atoms with E-state index in [0.717, 1.165) is 6.42 Å². The molecule has 2 aliphatic rings. The van der Waals surface area contributed by atoms with Crippen LogP contribution in [0.5, 0.6) is 0 Å². The van der Waals surface area contributed by atoms with Crippen LogP contribution in [0.4, 0.5) is 5.69 Å². The van der Waals surface area contributed by atoms with Crippen molar-refractivity contribution in [2.75, 3.05) is 29.5 Å². The van der Waals surface area contributed by atoms with Gasteiger partial charge in [-0.25, -0.2) is 8.42 Å². The van der Waals surface area contributed by atoms with Crippen molar-refractivity contribution in [3.63, 3.8) is 0 Å². The number of carbonyl (C=O) groups excluding carboxylic acids is 3. The lowest BCUT2D eigenvalue weighted by Crippen LogP contribution is -2.42. The predicted octanol–water partition coefficient (Wildman–Crippen LogP) is -0.153. The lowest BCUT2D eigenvalue weighted by atomic mass is 10.1. The third kappa shape index (κ3) is 4.40. The second kappa shape index (κ2) is 7.45. The first-order valence-electron chi connectivity index (χ1n) is 8.52. The van der Waals surface area contributed by atoms with Gasteiger partial charge in [0, 0.05) is 30.3 Å². The van der Waals surface area contributed by atoms with Crippen molar-refractivity contribution >= 4 is 33.2 Å². The lowest BCUT2D eigenvalue weighted by molar-refractivity contribution is -0.120. The van der Waals surface area contributed by atoms with Gasteiger partial charge in [-0.1, -0.05) is 6.07 Å². The molecular formula is C17H21N3O5S. The van der Waals surface area contributed by atoms with Gasteiger partial charge in [-0.3, -0.25) is 14.4 Å². The number of carbonyl (C=O) groups is 3. The van der Waals surface area contributed by atoms with Gasteiger partial charge in [-0.2, -0.15) is 0 Å². The highest BCUT2D eigenvalue weighted by atomic mass is 32.2. The molecule has 2 aliphatic heterocycles. The van der Waals surface area contributed by atoms with Crippen molar-refractivity contribution in [1.82, 2.24) is 10.6 Å². The highest BCUT2D eigenvalue weighted by Gasteiger charge is 2.29. The van der Waals surface area contributed by atoms with Crippen LogP contribution in [-0.2, 0) is 19.4 Å². The van der Waals surface area contributed by atoms with Crippen molar-refractivity contribution in [2.24, 2.45) is 0 Å². The summed E-state index contributed by atoms with van der Waals surface area (Å²) >= 11 is 0. The van der Waals surface area contributed by atoms with E-state index in [1.165, 1.54) is 0 Å². The van der Waals surface area contributed by atoms with E-state index in [1.807, 2.05) is 0 Å². The molecule has 1 aromatic rings. The van der Waals surface area contributed by atoms with Crippen LogP contribution in [0.2, 0.25) is 0 Å². The standard InChI is InChI=1S/C17H21N3O5S/c21-15(19-13-6-8-26(24,25)11-13)10-18-17(23)12-3-1-4-14(9-12)20-7-2-5-16(20)22/h1,3-4,9,13H,2,5-8,10-11H2,(H,18,23)(H,19,21). The number of nitrogens with one attached hydrogen (secondary N) is 2. The maximum absolute atomic E-state index is 12.2. The maximum atomic E-state index is 12.2. The van der Waals surface area contributed by atoms with Gasteiger partial charge >= 0.3 is 0 Å². The number of anilines is 1. The number of hydrogen-bond donors (Lipinski definition) is 2. The number of hydrogen-bond acceptors (Lipinski definition) is 5. The highest BCUT2D eigenvalue weighted by Crippen LogP contribution is 2.22. The molecule has 3 rings (SSSR count). The average Bonchev–Trinajstić information content (AvgIpc) is 3.17. The molecule has 140 valence electrons. The molecular weight excluding hydrogens is 358 g/mol. The Balaban J connectivity index is 1.53. The minimum Gasteiger partial charge on any atom is -0.351 e. The second-order valence-corrected chi connectivity index (χ2v) is 8.78. The first kappa shape index (κ1) is 18.4. The Bertz CT molecular complexity index is 837. The van der Waals surface area contributed by atoms with Gasteiger partial charge in [0.05, 0.1) is 18.1 Å². The van der Waals surface area contributed by atoms with Crippen LogP contribution in [-0.4, -0.2) is 56.8 Å². The lowest BCUT2D eigenvalue weighted by Gasteiger charge is -2.16. The first-order chi connectivity index (χ1) is 12.3. The van der Waals surface area contributed by atoms with Gasteiger partial charge in [0.15, 0.2) is 9.84 Å². The Labute approximate surface area is 151 Å². The highest BCUT2D eigenvalue weighted by molar-refractivity contribution is 7.91. The van der Waals surface area contributed by atoms with Gasteiger partial charge in [0.2, 0.25) is 11.8 Å². The van der Waals surface area contributed by atoms with Crippen molar-refractivity contribution in [2.45, 2.75) is 25.3 Å². The predicted molar refractivity (Wildman–Crippen MR) is 95.6 cm³/mol. The topological polar surface area (TPSA) is 113 Å². The molecule has 0 spiro atoms. The number of benzene rings is 1. The zero-order chi connectivity index (χ0) is 18.7. The SMILES string of the molecule is O=C(CNC(=O)c1cccc(N2CCCC2=O)c1)NC1CCS(=O)(=O)C1. The molecule has 1 aromatic carbocycles. The van der Waals surface area contributed by atoms with Crippen LogP contribution in [0.25, 0.3) is 0 Å². The molecule has 0 radical (unpaired) electrons. The molecule has 0 aromatic heterocycles. The van der Waals surface area contributed by atoms with E-state index in [4.69, 9.17) is 0 Å². The van der Waals surface area contributed by atoms with Crippen molar-refractivity contribution in [1.29, 1.82) is 0 Å². The van der Waals surface area contributed by atoms with E-state index in [1.54, 1.807) is 29.2 Å². The summed E-state index contributed by atoms with van der Waals surface area (Å²) in [6.07, 6.45) is 1.70. The largest absolute Gasteiger partial charge is 0.351 e. The summed E-state index contributed by atoms with van der Waals surface area (Å²) in [5, 5.41) is 5.14. The average molecular weight is 379 g/mol. The van der Waals surface area contributed by atoms with Crippen LogP contribution in [0.15, 0.2) is 24.3 Å². The van der Waals surface area contributed by atoms with E-state index in [0.29, 0.717) is 30.6 Å². The van der Waals surface area contributed by atoms with E-state index >= 15 is 0 Å². The molecule has 1 unspecified atom stereocenters. The molecule has 2 heterocycles. The van der Waals surface area contributed by atoms with E-state index < -0.39 is 27.7 Å². The quantitative estimate of drug-likeness (QED) is 0.739. The molecule has 0 aliphatic carbocycles. The van der Waals surface area contributed by atoms with Gasteiger partial charge in [0.1, 0.15) is 0 Å². The fraction of sp³-hybridized carbons (Fsp3) is 0.471. The molecule has 1 atom stereocenters. The Morgan fingerprint density at radius 2 is 2.08 bits per heavy atom. The Hall–Kier alpha value is -2.42. The Morgan fingerprint density at radius 3 is 2.73 bits per heavy atom. The number of nitrogens with zero attached hydrogens (tertiary/aromatic N) is 1. The summed E-state index contributed by atoms with van der Waals surface area (Å²) in [6.45, 7) is 0.402. The third-order valence-corrected chi connectivity index (χ3v) is 6.27. The number of sulfone groups is 1. The fourth-order valence-corrected chi connectivity index (χ4v) is 4.86. The second-order valence-electron chi connectivity index (χ2n) is 6.55. The smallest absolute Gasteiger partial charge is 0.251 e. The molecule has 0 bridgehead atoms. The van der Waals surface area contributed by atoms with Gasteiger partial charge < -0.3 is 15.5 Å². The zero-order valence-electron chi connectivity index (χ0n) is 14.2. The van der Waals surface area contributed by atoms with Crippen molar-refractivity contribution < 1.29 is 22.8 Å².